The van der Waals surface area contributed by atoms with Crippen molar-refractivity contribution in [2.75, 3.05) is 6.54 Å². The lowest BCUT2D eigenvalue weighted by Crippen LogP contribution is -2.47. The van der Waals surface area contributed by atoms with Crippen LogP contribution >= 0.6 is 0 Å². The van der Waals surface area contributed by atoms with Gasteiger partial charge < -0.3 is 15.7 Å². The summed E-state index contributed by atoms with van der Waals surface area (Å²) in [5.41, 5.74) is 5.78. The van der Waals surface area contributed by atoms with E-state index >= 15 is 0 Å². The van der Waals surface area contributed by atoms with Crippen molar-refractivity contribution in [3.05, 3.63) is 0 Å². The van der Waals surface area contributed by atoms with Gasteiger partial charge in [-0.3, -0.25) is 9.59 Å². The molecule has 0 saturated heterocycles. The number of nitrogens with two attached hydrogens (primary N) is 1. The molecule has 16 heavy (non-hydrogen) atoms. The van der Waals surface area contributed by atoms with Gasteiger partial charge in [-0.1, -0.05) is 13.8 Å². The van der Waals surface area contributed by atoms with E-state index in [2.05, 4.69) is 0 Å². The van der Waals surface area contributed by atoms with Crippen LogP contribution in [0.5, 0.6) is 0 Å². The summed E-state index contributed by atoms with van der Waals surface area (Å²) in [6, 6.07) is -0.471. The van der Waals surface area contributed by atoms with Crippen LogP contribution in [0.25, 0.3) is 0 Å². The number of hydrogen-bond acceptors (Lipinski definition) is 3. The quantitative estimate of drug-likeness (QED) is 0.690. The number of carbonyl (C=O) groups excluding carboxylic acids is 1. The van der Waals surface area contributed by atoms with Crippen LogP contribution in [0.2, 0.25) is 0 Å². The van der Waals surface area contributed by atoms with E-state index in [4.69, 9.17) is 10.8 Å². The highest BCUT2D eigenvalue weighted by molar-refractivity contribution is 5.85. The Balaban J connectivity index is 2.56. The third-order valence-corrected chi connectivity index (χ3v) is 2.62. The molecule has 1 rings (SSSR count). The van der Waals surface area contributed by atoms with Crippen LogP contribution in [0, 0.1) is 5.92 Å². The molecule has 3 N–H and O–H groups in total. The molecule has 0 aromatic heterocycles. The third kappa shape index (κ3) is 3.81. The second-order valence-corrected chi connectivity index (χ2v) is 4.83. The molecule has 1 aliphatic rings. The lowest BCUT2D eigenvalue weighted by Gasteiger charge is -2.24. The number of carboxylic acids is 1. The maximum atomic E-state index is 11.9. The minimum Gasteiger partial charge on any atom is -0.480 e. The smallest absolute Gasteiger partial charge is 0.323 e. The fourth-order valence-electron chi connectivity index (χ4n) is 1.74. The second-order valence-electron chi connectivity index (χ2n) is 4.83. The van der Waals surface area contributed by atoms with Gasteiger partial charge in [0.1, 0.15) is 6.54 Å². The lowest BCUT2D eigenvalue weighted by atomic mass is 10.0. The van der Waals surface area contributed by atoms with Gasteiger partial charge in [0.25, 0.3) is 0 Å². The van der Waals surface area contributed by atoms with Gasteiger partial charge in [0.2, 0.25) is 5.91 Å². The highest BCUT2D eigenvalue weighted by Crippen LogP contribution is 2.27. The molecule has 1 amide bonds. The van der Waals surface area contributed by atoms with Crippen molar-refractivity contribution in [1.82, 2.24) is 4.90 Å². The number of hydrogen-bond donors (Lipinski definition) is 2. The summed E-state index contributed by atoms with van der Waals surface area (Å²) in [6.45, 7) is 3.76. The molecule has 0 aromatic carbocycles. The Morgan fingerprint density at radius 1 is 1.44 bits per heavy atom. The van der Waals surface area contributed by atoms with Crippen molar-refractivity contribution in [2.45, 2.75) is 45.2 Å². The van der Waals surface area contributed by atoms with Gasteiger partial charge in [0.15, 0.2) is 0 Å². The third-order valence-electron chi connectivity index (χ3n) is 2.62. The number of carbonyl (C=O) groups is 2. The van der Waals surface area contributed by atoms with Gasteiger partial charge in [-0.2, -0.15) is 0 Å². The molecule has 1 unspecified atom stereocenters. The Labute approximate surface area is 95.6 Å². The van der Waals surface area contributed by atoms with Gasteiger partial charge in [0, 0.05) is 6.04 Å². The van der Waals surface area contributed by atoms with Gasteiger partial charge in [-0.15, -0.1) is 0 Å². The highest BCUT2D eigenvalue weighted by atomic mass is 16.4. The zero-order chi connectivity index (χ0) is 12.3. The molecule has 1 atom stereocenters. The Bertz CT molecular complexity index is 274. The standard InChI is InChI=1S/C11H20N2O3/c1-7(2)5-9(12)11(16)13(6-10(14)15)8-3-4-8/h7-9H,3-6,12H2,1-2H3,(H,14,15). The number of rotatable bonds is 6. The van der Waals surface area contributed by atoms with Crippen LogP contribution in [-0.4, -0.2) is 40.5 Å². The zero-order valence-corrected chi connectivity index (χ0v) is 9.85. The van der Waals surface area contributed by atoms with Crippen molar-refractivity contribution >= 4 is 11.9 Å². The first-order chi connectivity index (χ1) is 7.41. The number of aliphatic carboxylic acids is 1. The second kappa shape index (κ2) is 5.30. The normalized spacial score (nSPS) is 17.2. The maximum Gasteiger partial charge on any atom is 0.323 e. The molecular weight excluding hydrogens is 208 g/mol. The first-order valence-electron chi connectivity index (χ1n) is 5.69. The predicted molar refractivity (Wildman–Crippen MR) is 59.8 cm³/mol. The Morgan fingerprint density at radius 2 is 2.00 bits per heavy atom. The summed E-state index contributed by atoms with van der Waals surface area (Å²) in [6.07, 6.45) is 2.39. The summed E-state index contributed by atoms with van der Waals surface area (Å²) in [4.78, 5) is 24.0. The number of nitrogens with zero attached hydrogens (tertiary/aromatic N) is 1. The van der Waals surface area contributed by atoms with Crippen LogP contribution < -0.4 is 5.73 Å². The van der Waals surface area contributed by atoms with E-state index in [0.29, 0.717) is 12.3 Å². The Kier molecular flexibility index (Phi) is 4.29. The van der Waals surface area contributed by atoms with E-state index in [1.54, 1.807) is 0 Å². The summed E-state index contributed by atoms with van der Waals surface area (Å²) >= 11 is 0. The van der Waals surface area contributed by atoms with Gasteiger partial charge in [-0.05, 0) is 25.2 Å². The monoisotopic (exact) mass is 228 g/mol. The van der Waals surface area contributed by atoms with E-state index < -0.39 is 12.0 Å². The lowest BCUT2D eigenvalue weighted by molar-refractivity contribution is -0.145. The summed E-state index contributed by atoms with van der Waals surface area (Å²) < 4.78 is 0. The molecular formula is C11H20N2O3. The maximum absolute atomic E-state index is 11.9. The first kappa shape index (κ1) is 13.0. The highest BCUT2D eigenvalue weighted by Gasteiger charge is 2.35. The first-order valence-corrected chi connectivity index (χ1v) is 5.69. The summed E-state index contributed by atoms with van der Waals surface area (Å²) in [5, 5.41) is 8.74. The molecule has 5 heteroatoms. The van der Waals surface area contributed by atoms with Crippen LogP contribution in [0.4, 0.5) is 0 Å². The summed E-state index contributed by atoms with van der Waals surface area (Å²) in [5.74, 6) is -0.861. The Hall–Kier alpha value is -1.10. The van der Waals surface area contributed by atoms with Crippen molar-refractivity contribution < 1.29 is 14.7 Å². The molecule has 0 bridgehead atoms. The van der Waals surface area contributed by atoms with E-state index in [9.17, 15) is 9.59 Å². The summed E-state index contributed by atoms with van der Waals surface area (Å²) in [7, 11) is 0. The topological polar surface area (TPSA) is 83.6 Å². The number of amides is 1. The molecule has 1 saturated carbocycles. The predicted octanol–water partition coefficient (Wildman–Crippen LogP) is 0.435. The van der Waals surface area contributed by atoms with Crippen molar-refractivity contribution in [3.63, 3.8) is 0 Å². The average molecular weight is 228 g/mol. The molecule has 0 spiro atoms. The van der Waals surface area contributed by atoms with E-state index in [1.807, 2.05) is 13.8 Å². The van der Waals surface area contributed by atoms with Gasteiger partial charge in [0.05, 0.1) is 6.04 Å². The molecule has 0 aromatic rings. The van der Waals surface area contributed by atoms with Crippen molar-refractivity contribution in [2.24, 2.45) is 11.7 Å². The van der Waals surface area contributed by atoms with Gasteiger partial charge in [-0.25, -0.2) is 0 Å². The molecule has 0 aliphatic heterocycles. The minimum absolute atomic E-state index is 0.0989. The molecule has 0 heterocycles. The van der Waals surface area contributed by atoms with Crippen LogP contribution in [-0.2, 0) is 9.59 Å². The fourth-order valence-corrected chi connectivity index (χ4v) is 1.74. The zero-order valence-electron chi connectivity index (χ0n) is 9.85. The molecule has 1 aliphatic carbocycles. The van der Waals surface area contributed by atoms with Crippen molar-refractivity contribution in [3.8, 4) is 0 Å². The van der Waals surface area contributed by atoms with Crippen LogP contribution in [0.3, 0.4) is 0 Å². The van der Waals surface area contributed by atoms with Crippen LogP contribution in [0.15, 0.2) is 0 Å². The SMILES string of the molecule is CC(C)CC(N)C(=O)N(CC(=O)O)C1CC1. The Morgan fingerprint density at radius 3 is 2.38 bits per heavy atom. The van der Waals surface area contributed by atoms with Crippen LogP contribution in [0.1, 0.15) is 33.1 Å². The number of carboxylic acid groups (broad SMARTS) is 1. The van der Waals surface area contributed by atoms with E-state index in [1.165, 1.54) is 4.90 Å². The van der Waals surface area contributed by atoms with E-state index in [0.717, 1.165) is 12.8 Å². The molecule has 1 fully saturated rings. The molecule has 5 nitrogen and oxygen atoms in total. The van der Waals surface area contributed by atoms with Gasteiger partial charge >= 0.3 is 5.97 Å². The fraction of sp³-hybridized carbons (Fsp3) is 0.818. The largest absolute Gasteiger partial charge is 0.480 e. The molecule has 0 radical (unpaired) electrons. The minimum atomic E-state index is -0.975. The van der Waals surface area contributed by atoms with E-state index in [-0.39, 0.29) is 18.5 Å². The molecule has 92 valence electrons. The van der Waals surface area contributed by atoms with Crippen molar-refractivity contribution in [1.29, 1.82) is 0 Å². The average Bonchev–Trinajstić information content (AvgIpc) is 2.94.